The first-order valence-electron chi connectivity index (χ1n) is 8.65. The van der Waals surface area contributed by atoms with Crippen LogP contribution >= 0.6 is 0 Å². The topological polar surface area (TPSA) is 9.23 Å². The Balaban J connectivity index is 1.94. The minimum atomic E-state index is -5.12. The summed E-state index contributed by atoms with van der Waals surface area (Å²) in [5.41, 5.74) is 0.412. The van der Waals surface area contributed by atoms with E-state index in [1.807, 2.05) is 6.08 Å². The molecule has 1 aliphatic carbocycles. The van der Waals surface area contributed by atoms with Crippen LogP contribution in [-0.4, -0.2) is 6.36 Å². The summed E-state index contributed by atoms with van der Waals surface area (Å²) < 4.78 is 67.7. The first-order valence-corrected chi connectivity index (χ1v) is 8.65. The minimum Gasteiger partial charge on any atom is -0.399 e. The van der Waals surface area contributed by atoms with Crippen LogP contribution in [0, 0.1) is 17.6 Å². The zero-order valence-corrected chi connectivity index (χ0v) is 14.0. The molecule has 0 atom stereocenters. The molecular weight excluding hydrogens is 339 g/mol. The number of ether oxygens (including phenoxy) is 1. The number of rotatable bonds is 7. The van der Waals surface area contributed by atoms with Gasteiger partial charge in [-0.15, -0.1) is 19.8 Å². The highest BCUT2D eigenvalue weighted by Gasteiger charge is 2.34. The molecule has 2 rings (SSSR count). The van der Waals surface area contributed by atoms with Gasteiger partial charge in [-0.05, 0) is 68.1 Å². The monoisotopic (exact) mass is 362 g/mol. The Morgan fingerprint density at radius 3 is 2.16 bits per heavy atom. The second-order valence-electron chi connectivity index (χ2n) is 6.65. The van der Waals surface area contributed by atoms with Gasteiger partial charge in [-0.25, -0.2) is 8.78 Å². The molecule has 0 aliphatic heterocycles. The van der Waals surface area contributed by atoms with E-state index in [0.717, 1.165) is 63.5 Å². The van der Waals surface area contributed by atoms with E-state index in [9.17, 15) is 22.0 Å². The molecule has 0 bridgehead atoms. The lowest BCUT2D eigenvalue weighted by molar-refractivity contribution is -0.276. The van der Waals surface area contributed by atoms with E-state index in [-0.39, 0.29) is 5.92 Å². The van der Waals surface area contributed by atoms with Crippen molar-refractivity contribution in [3.63, 3.8) is 0 Å². The van der Waals surface area contributed by atoms with Crippen LogP contribution in [0.15, 0.2) is 24.8 Å². The molecule has 1 saturated carbocycles. The lowest BCUT2D eigenvalue weighted by Gasteiger charge is -2.29. The third kappa shape index (κ3) is 6.01. The number of hydrogen-bond acceptors (Lipinski definition) is 1. The maximum absolute atomic E-state index is 13.8. The Hall–Kier alpha value is -1.59. The molecule has 0 unspecified atom stereocenters. The second-order valence-corrected chi connectivity index (χ2v) is 6.65. The van der Waals surface area contributed by atoms with Crippen molar-refractivity contribution in [3.8, 4) is 5.75 Å². The molecule has 0 aromatic heterocycles. The molecule has 0 radical (unpaired) electrons. The molecule has 1 aromatic rings. The van der Waals surface area contributed by atoms with Crippen LogP contribution in [0.2, 0.25) is 0 Å². The second kappa shape index (κ2) is 8.68. The summed E-state index contributed by atoms with van der Waals surface area (Å²) in [5, 5.41) is 0. The largest absolute Gasteiger partial charge is 0.573 e. The summed E-state index contributed by atoms with van der Waals surface area (Å²) in [6.45, 7) is 3.70. The summed E-state index contributed by atoms with van der Waals surface area (Å²) in [6.07, 6.45) is 4.76. The Morgan fingerprint density at radius 1 is 1.04 bits per heavy atom. The predicted molar refractivity (Wildman–Crippen MR) is 86.4 cm³/mol. The van der Waals surface area contributed by atoms with Gasteiger partial charge >= 0.3 is 6.36 Å². The van der Waals surface area contributed by atoms with Crippen molar-refractivity contribution in [2.45, 2.75) is 63.6 Å². The van der Waals surface area contributed by atoms with Crippen molar-refractivity contribution in [3.05, 3.63) is 42.0 Å². The van der Waals surface area contributed by atoms with Crippen LogP contribution in [0.4, 0.5) is 22.0 Å². The van der Waals surface area contributed by atoms with Crippen LogP contribution in [0.1, 0.15) is 62.8 Å². The third-order valence-corrected chi connectivity index (χ3v) is 4.83. The summed E-state index contributed by atoms with van der Waals surface area (Å²) in [7, 11) is 0. The summed E-state index contributed by atoms with van der Waals surface area (Å²) in [5.74, 6) is -3.40. The fraction of sp³-hybridized carbons (Fsp3) is 0.579. The third-order valence-electron chi connectivity index (χ3n) is 4.83. The van der Waals surface area contributed by atoms with Crippen molar-refractivity contribution in [2.24, 2.45) is 5.92 Å². The van der Waals surface area contributed by atoms with Gasteiger partial charge in [0, 0.05) is 0 Å². The van der Waals surface area contributed by atoms with Crippen LogP contribution in [0.5, 0.6) is 5.75 Å². The Kier molecular flexibility index (Phi) is 6.85. The maximum atomic E-state index is 13.8. The smallest absolute Gasteiger partial charge is 0.399 e. The SMILES string of the molecule is C=CCCCCC1CCC(c2cc(F)c(OC(F)(F)F)c(F)c2)CC1. The Labute approximate surface area is 144 Å². The van der Waals surface area contributed by atoms with Crippen LogP contribution < -0.4 is 4.74 Å². The molecule has 1 aromatic carbocycles. The summed E-state index contributed by atoms with van der Waals surface area (Å²) >= 11 is 0. The van der Waals surface area contributed by atoms with E-state index in [1.165, 1.54) is 0 Å². The van der Waals surface area contributed by atoms with Gasteiger partial charge in [0.05, 0.1) is 0 Å². The number of alkyl halides is 3. The average Bonchev–Trinajstić information content (AvgIpc) is 2.54. The van der Waals surface area contributed by atoms with Crippen LogP contribution in [-0.2, 0) is 0 Å². The molecule has 25 heavy (non-hydrogen) atoms. The highest BCUT2D eigenvalue weighted by atomic mass is 19.4. The molecule has 0 amide bonds. The van der Waals surface area contributed by atoms with Crippen molar-refractivity contribution < 1.29 is 26.7 Å². The Bertz CT molecular complexity index is 551. The number of hydrogen-bond donors (Lipinski definition) is 0. The standard InChI is InChI=1S/C19H23F5O/c1-2-3-4-5-6-13-7-9-14(10-8-13)15-11-16(20)18(17(21)12-15)25-19(22,23)24/h2,11-14H,1,3-10H2. The quantitative estimate of drug-likeness (QED) is 0.292. The fourth-order valence-electron chi connectivity index (χ4n) is 3.53. The zero-order valence-electron chi connectivity index (χ0n) is 14.0. The molecule has 0 spiro atoms. The lowest BCUT2D eigenvalue weighted by Crippen LogP contribution is -2.19. The molecule has 140 valence electrons. The van der Waals surface area contributed by atoms with E-state index in [0.29, 0.717) is 11.5 Å². The Morgan fingerprint density at radius 2 is 1.64 bits per heavy atom. The summed E-state index contributed by atoms with van der Waals surface area (Å²) in [6, 6.07) is 1.94. The van der Waals surface area contributed by atoms with Gasteiger partial charge in [0.25, 0.3) is 0 Å². The number of benzene rings is 1. The highest BCUT2D eigenvalue weighted by molar-refractivity contribution is 5.33. The normalized spacial score (nSPS) is 21.2. The molecule has 1 nitrogen and oxygen atoms in total. The summed E-state index contributed by atoms with van der Waals surface area (Å²) in [4.78, 5) is 0. The molecule has 0 saturated heterocycles. The van der Waals surface area contributed by atoms with Gasteiger partial charge in [-0.1, -0.05) is 18.9 Å². The molecular formula is C19H23F5O. The zero-order chi connectivity index (χ0) is 18.4. The maximum Gasteiger partial charge on any atom is 0.573 e. The van der Waals surface area contributed by atoms with E-state index < -0.39 is 23.7 Å². The van der Waals surface area contributed by atoms with Gasteiger partial charge < -0.3 is 4.74 Å². The molecule has 6 heteroatoms. The van der Waals surface area contributed by atoms with Gasteiger partial charge in [0.15, 0.2) is 11.6 Å². The lowest BCUT2D eigenvalue weighted by atomic mass is 9.77. The van der Waals surface area contributed by atoms with Crippen molar-refractivity contribution in [2.75, 3.05) is 0 Å². The first-order chi connectivity index (χ1) is 11.8. The van der Waals surface area contributed by atoms with E-state index in [1.54, 1.807) is 0 Å². The van der Waals surface area contributed by atoms with Crippen molar-refractivity contribution >= 4 is 0 Å². The molecule has 0 heterocycles. The number of unbranched alkanes of at least 4 members (excludes halogenated alkanes) is 2. The first kappa shape index (κ1) is 19.7. The van der Waals surface area contributed by atoms with E-state index in [2.05, 4.69) is 11.3 Å². The van der Waals surface area contributed by atoms with Gasteiger partial charge in [0.2, 0.25) is 5.75 Å². The molecule has 1 fully saturated rings. The van der Waals surface area contributed by atoms with E-state index >= 15 is 0 Å². The minimum absolute atomic E-state index is 0.0200. The predicted octanol–water partition coefficient (Wildman–Crippen LogP) is 6.88. The number of halogens is 5. The van der Waals surface area contributed by atoms with Crippen LogP contribution in [0.25, 0.3) is 0 Å². The van der Waals surface area contributed by atoms with Gasteiger partial charge in [-0.2, -0.15) is 0 Å². The van der Waals surface area contributed by atoms with Crippen molar-refractivity contribution in [1.29, 1.82) is 0 Å². The molecule has 1 aliphatic rings. The number of allylic oxidation sites excluding steroid dienone is 1. The highest BCUT2D eigenvalue weighted by Crippen LogP contribution is 2.40. The molecule has 0 N–H and O–H groups in total. The average molecular weight is 362 g/mol. The van der Waals surface area contributed by atoms with Gasteiger partial charge in [-0.3, -0.25) is 0 Å². The van der Waals surface area contributed by atoms with Gasteiger partial charge in [0.1, 0.15) is 0 Å². The fourth-order valence-corrected chi connectivity index (χ4v) is 3.53. The van der Waals surface area contributed by atoms with Crippen molar-refractivity contribution in [1.82, 2.24) is 0 Å². The van der Waals surface area contributed by atoms with Crippen LogP contribution in [0.3, 0.4) is 0 Å². The van der Waals surface area contributed by atoms with E-state index in [4.69, 9.17) is 0 Å².